The summed E-state index contributed by atoms with van der Waals surface area (Å²) in [4.78, 5) is 12.4. The van der Waals surface area contributed by atoms with Gasteiger partial charge in [0.05, 0.1) is 24.7 Å². The molecule has 0 saturated carbocycles. The third-order valence-corrected chi connectivity index (χ3v) is 7.53. The average Bonchev–Trinajstić information content (AvgIpc) is 3.15. The molecule has 0 bridgehead atoms. The summed E-state index contributed by atoms with van der Waals surface area (Å²) in [5, 5.41) is 11.4. The van der Waals surface area contributed by atoms with Crippen LogP contribution in [-0.2, 0) is 14.8 Å². The molecule has 1 N–H and O–H groups in total. The Morgan fingerprint density at radius 2 is 1.96 bits per heavy atom. The number of rotatable bonds is 7. The zero-order valence-corrected chi connectivity index (χ0v) is 16.5. The molecule has 0 unspecified atom stereocenters. The van der Waals surface area contributed by atoms with Crippen LogP contribution in [0.25, 0.3) is 0 Å². The number of morpholine rings is 1. The molecule has 1 aromatic heterocycles. The normalized spacial score (nSPS) is 15.7. The minimum Gasteiger partial charge on any atom is -0.379 e. The lowest BCUT2D eigenvalue weighted by atomic mass is 10.1. The van der Waals surface area contributed by atoms with Gasteiger partial charge in [0.1, 0.15) is 0 Å². The van der Waals surface area contributed by atoms with Crippen LogP contribution in [0.2, 0.25) is 0 Å². The first-order chi connectivity index (χ1) is 12.5. The van der Waals surface area contributed by atoms with E-state index < -0.39 is 10.0 Å². The topological polar surface area (TPSA) is 101 Å². The highest BCUT2D eigenvalue weighted by atomic mass is 32.2. The van der Waals surface area contributed by atoms with E-state index in [0.29, 0.717) is 37.0 Å². The van der Waals surface area contributed by atoms with Crippen molar-refractivity contribution in [3.8, 4) is 0 Å². The van der Waals surface area contributed by atoms with Gasteiger partial charge in [0.2, 0.25) is 15.2 Å². The molecule has 1 saturated heterocycles. The minimum absolute atomic E-state index is 0.0680. The summed E-state index contributed by atoms with van der Waals surface area (Å²) >= 11 is 2.86. The summed E-state index contributed by atoms with van der Waals surface area (Å²) in [7, 11) is -3.55. The molecule has 26 heavy (non-hydrogen) atoms. The van der Waals surface area contributed by atoms with Crippen molar-refractivity contribution in [3.63, 3.8) is 0 Å². The van der Waals surface area contributed by atoms with Gasteiger partial charge in [0, 0.05) is 18.7 Å². The number of benzene rings is 1. The number of nitrogens with one attached hydrogen (secondary N) is 1. The molecular weight excluding hydrogens is 396 g/mol. The molecule has 1 aromatic carbocycles. The summed E-state index contributed by atoms with van der Waals surface area (Å²) in [5.41, 5.74) is 0.438. The van der Waals surface area contributed by atoms with Crippen LogP contribution in [0.5, 0.6) is 0 Å². The Bertz CT molecular complexity index is 861. The maximum absolute atomic E-state index is 12.6. The first-order valence-corrected chi connectivity index (χ1v) is 11.3. The van der Waals surface area contributed by atoms with Crippen LogP contribution in [0.15, 0.2) is 33.5 Å². The highest BCUT2D eigenvalue weighted by molar-refractivity contribution is 8.00. The lowest BCUT2D eigenvalue weighted by Crippen LogP contribution is -2.40. The van der Waals surface area contributed by atoms with E-state index in [4.69, 9.17) is 4.74 Å². The summed E-state index contributed by atoms with van der Waals surface area (Å²) in [6.45, 7) is 1.54. The van der Waals surface area contributed by atoms with Crippen molar-refractivity contribution >= 4 is 44.0 Å². The van der Waals surface area contributed by atoms with Crippen molar-refractivity contribution in [3.05, 3.63) is 29.8 Å². The standard InChI is InChI=1S/C15H18N4O4S3/c1-24-15-18-17-14(25-15)16-10-13(20)11-2-4-12(5-3-11)26(21,22)19-6-8-23-9-7-19/h2-5H,6-10H2,1H3,(H,16,17). The number of ether oxygens (including phenoxy) is 1. The summed E-state index contributed by atoms with van der Waals surface area (Å²) < 4.78 is 32.5. The van der Waals surface area contributed by atoms with Crippen LogP contribution < -0.4 is 5.32 Å². The molecule has 2 heterocycles. The molecule has 140 valence electrons. The van der Waals surface area contributed by atoms with E-state index in [1.807, 2.05) is 6.26 Å². The lowest BCUT2D eigenvalue weighted by Gasteiger charge is -2.26. The van der Waals surface area contributed by atoms with E-state index in [9.17, 15) is 13.2 Å². The van der Waals surface area contributed by atoms with E-state index in [1.165, 1.54) is 51.7 Å². The van der Waals surface area contributed by atoms with Crippen LogP contribution in [0.3, 0.4) is 0 Å². The second kappa shape index (κ2) is 8.44. The van der Waals surface area contributed by atoms with Gasteiger partial charge in [0.15, 0.2) is 10.1 Å². The Morgan fingerprint density at radius 3 is 2.58 bits per heavy atom. The average molecular weight is 415 g/mol. The van der Waals surface area contributed by atoms with Crippen LogP contribution in [0.4, 0.5) is 5.13 Å². The van der Waals surface area contributed by atoms with Gasteiger partial charge < -0.3 is 10.1 Å². The number of carbonyl (C=O) groups is 1. The summed E-state index contributed by atoms with van der Waals surface area (Å²) in [5.74, 6) is -0.152. The quantitative estimate of drug-likeness (QED) is 0.538. The van der Waals surface area contributed by atoms with Crippen LogP contribution in [0.1, 0.15) is 10.4 Å². The third-order valence-electron chi connectivity index (χ3n) is 3.77. The highest BCUT2D eigenvalue weighted by Gasteiger charge is 2.26. The Balaban J connectivity index is 1.63. The Kier molecular flexibility index (Phi) is 6.24. The minimum atomic E-state index is -3.55. The van der Waals surface area contributed by atoms with Crippen molar-refractivity contribution in [1.29, 1.82) is 0 Å². The predicted octanol–water partition coefficient (Wildman–Crippen LogP) is 1.58. The molecule has 1 aliphatic heterocycles. The first kappa shape index (κ1) is 19.2. The van der Waals surface area contributed by atoms with Crippen LogP contribution in [-0.4, -0.2) is 67.8 Å². The second-order valence-electron chi connectivity index (χ2n) is 5.39. The van der Waals surface area contributed by atoms with Gasteiger partial charge in [-0.3, -0.25) is 4.79 Å². The number of ketones is 1. The molecule has 1 fully saturated rings. The monoisotopic (exact) mass is 414 g/mol. The zero-order chi connectivity index (χ0) is 18.6. The fourth-order valence-corrected chi connectivity index (χ4v) is 4.94. The number of hydrogen-bond acceptors (Lipinski definition) is 9. The lowest BCUT2D eigenvalue weighted by molar-refractivity contribution is 0.0730. The number of Topliss-reactive ketones (excluding diaryl/α,β-unsaturated/α-hetero) is 1. The maximum Gasteiger partial charge on any atom is 0.243 e. The third kappa shape index (κ3) is 4.41. The van der Waals surface area contributed by atoms with Gasteiger partial charge in [-0.05, 0) is 30.5 Å². The van der Waals surface area contributed by atoms with Gasteiger partial charge in [-0.25, -0.2) is 8.42 Å². The van der Waals surface area contributed by atoms with E-state index >= 15 is 0 Å². The van der Waals surface area contributed by atoms with E-state index in [-0.39, 0.29) is 17.2 Å². The molecule has 0 spiro atoms. The molecule has 8 nitrogen and oxygen atoms in total. The number of anilines is 1. The largest absolute Gasteiger partial charge is 0.379 e. The number of thioether (sulfide) groups is 1. The number of sulfonamides is 1. The Labute approximate surface area is 160 Å². The summed E-state index contributed by atoms with van der Waals surface area (Å²) in [6, 6.07) is 6.00. The number of aromatic nitrogens is 2. The van der Waals surface area contributed by atoms with Crippen LogP contribution in [0, 0.1) is 0 Å². The molecule has 0 radical (unpaired) electrons. The van der Waals surface area contributed by atoms with Crippen LogP contribution >= 0.6 is 23.1 Å². The van der Waals surface area contributed by atoms with E-state index in [1.54, 1.807) is 0 Å². The molecule has 0 aliphatic carbocycles. The summed E-state index contributed by atoms with van der Waals surface area (Å²) in [6.07, 6.45) is 1.90. The fourth-order valence-electron chi connectivity index (χ4n) is 2.37. The van der Waals surface area contributed by atoms with Crippen molar-refractivity contribution in [1.82, 2.24) is 14.5 Å². The maximum atomic E-state index is 12.6. The SMILES string of the molecule is CSc1nnc(NCC(=O)c2ccc(S(=O)(=O)N3CCOCC3)cc2)s1. The zero-order valence-electron chi connectivity index (χ0n) is 14.0. The molecule has 3 rings (SSSR count). The molecule has 11 heteroatoms. The van der Waals surface area contributed by atoms with Crippen molar-refractivity contribution in [2.75, 3.05) is 44.4 Å². The molecule has 0 atom stereocenters. The van der Waals surface area contributed by atoms with Gasteiger partial charge in [-0.2, -0.15) is 4.31 Å². The van der Waals surface area contributed by atoms with Gasteiger partial charge in [-0.1, -0.05) is 23.1 Å². The smallest absolute Gasteiger partial charge is 0.243 e. The van der Waals surface area contributed by atoms with Gasteiger partial charge in [0.25, 0.3) is 0 Å². The second-order valence-corrected chi connectivity index (χ2v) is 9.36. The number of hydrogen-bond donors (Lipinski definition) is 1. The van der Waals surface area contributed by atoms with Crippen molar-refractivity contribution < 1.29 is 17.9 Å². The Morgan fingerprint density at radius 1 is 1.27 bits per heavy atom. The molecule has 2 aromatic rings. The molecule has 0 amide bonds. The van der Waals surface area contributed by atoms with Gasteiger partial charge >= 0.3 is 0 Å². The number of carbonyl (C=O) groups excluding carboxylic acids is 1. The molecule has 1 aliphatic rings. The van der Waals surface area contributed by atoms with Crippen molar-refractivity contribution in [2.24, 2.45) is 0 Å². The Hall–Kier alpha value is -1.53. The molecular formula is C15H18N4O4S3. The van der Waals surface area contributed by atoms with E-state index in [2.05, 4.69) is 15.5 Å². The first-order valence-electron chi connectivity index (χ1n) is 7.83. The fraction of sp³-hybridized carbons (Fsp3) is 0.400. The van der Waals surface area contributed by atoms with E-state index in [0.717, 1.165) is 4.34 Å². The predicted molar refractivity (Wildman–Crippen MR) is 101 cm³/mol. The highest BCUT2D eigenvalue weighted by Crippen LogP contribution is 2.23. The van der Waals surface area contributed by atoms with Gasteiger partial charge in [-0.15, -0.1) is 10.2 Å². The number of nitrogens with zero attached hydrogens (tertiary/aromatic N) is 3. The van der Waals surface area contributed by atoms with Crippen molar-refractivity contribution in [2.45, 2.75) is 9.24 Å².